The van der Waals surface area contributed by atoms with Gasteiger partial charge in [-0.15, -0.1) is 0 Å². The van der Waals surface area contributed by atoms with Crippen LogP contribution in [0.15, 0.2) is 53.4 Å². The maximum atomic E-state index is 12.7. The number of rotatable bonds is 7. The Morgan fingerprint density at radius 1 is 1.16 bits per heavy atom. The number of hydrazine groups is 1. The number of carbonyl (C=O) groups is 3. The van der Waals surface area contributed by atoms with Crippen LogP contribution in [0.3, 0.4) is 0 Å². The van der Waals surface area contributed by atoms with Crippen molar-refractivity contribution in [3.8, 4) is 5.75 Å². The van der Waals surface area contributed by atoms with Gasteiger partial charge in [0.15, 0.2) is 0 Å². The first-order valence-electron chi connectivity index (χ1n) is 9.63. The quantitative estimate of drug-likeness (QED) is 0.349. The average Bonchev–Trinajstić information content (AvgIpc) is 3.06. The average molecular weight is 490 g/mol. The highest BCUT2D eigenvalue weighted by Crippen LogP contribution is 2.33. The number of thioether (sulfide) groups is 1. The summed E-state index contributed by atoms with van der Waals surface area (Å²) in [5.74, 6) is -0.689. The van der Waals surface area contributed by atoms with Crippen molar-refractivity contribution in [1.29, 1.82) is 0 Å². The molecule has 0 aliphatic carbocycles. The summed E-state index contributed by atoms with van der Waals surface area (Å²) in [4.78, 5) is 38.9. The van der Waals surface area contributed by atoms with Gasteiger partial charge >= 0.3 is 0 Å². The first kappa shape index (κ1) is 23.8. The van der Waals surface area contributed by atoms with Crippen LogP contribution in [0.5, 0.6) is 5.75 Å². The van der Waals surface area contributed by atoms with Crippen LogP contribution in [0, 0.1) is 0 Å². The molecule has 0 radical (unpaired) electrons. The number of thiocarbonyl (C=S) groups is 1. The molecule has 0 unspecified atom stereocenters. The lowest BCUT2D eigenvalue weighted by Gasteiger charge is -2.14. The molecule has 2 N–H and O–H groups in total. The minimum Gasteiger partial charge on any atom is -0.496 e. The molecule has 2 aromatic carbocycles. The van der Waals surface area contributed by atoms with Crippen molar-refractivity contribution in [3.63, 3.8) is 0 Å². The van der Waals surface area contributed by atoms with E-state index in [4.69, 9.17) is 28.6 Å². The summed E-state index contributed by atoms with van der Waals surface area (Å²) >= 11 is 12.7. The fraction of sp³-hybridized carbons (Fsp3) is 0.182. The van der Waals surface area contributed by atoms with Gasteiger partial charge in [-0.3, -0.25) is 30.1 Å². The summed E-state index contributed by atoms with van der Waals surface area (Å²) in [7, 11) is 1.46. The number of hydrogen-bond acceptors (Lipinski definition) is 6. The Morgan fingerprint density at radius 3 is 2.62 bits per heavy atom. The lowest BCUT2D eigenvalue weighted by Crippen LogP contribution is -2.42. The number of nitrogens with one attached hydrogen (secondary N) is 2. The zero-order valence-electron chi connectivity index (χ0n) is 17.1. The monoisotopic (exact) mass is 489 g/mol. The third-order valence-electron chi connectivity index (χ3n) is 4.52. The predicted molar refractivity (Wildman–Crippen MR) is 129 cm³/mol. The molecule has 1 aliphatic heterocycles. The number of hydrogen-bond donors (Lipinski definition) is 2. The third kappa shape index (κ3) is 5.87. The van der Waals surface area contributed by atoms with Gasteiger partial charge in [0.05, 0.1) is 17.6 Å². The number of methoxy groups -OCH3 is 1. The zero-order chi connectivity index (χ0) is 23.1. The topological polar surface area (TPSA) is 87.7 Å². The summed E-state index contributed by atoms with van der Waals surface area (Å²) in [5, 5.41) is 0.546. The molecule has 0 aromatic heterocycles. The smallest absolute Gasteiger partial charge is 0.273 e. The van der Waals surface area contributed by atoms with Crippen molar-refractivity contribution in [2.45, 2.75) is 12.8 Å². The Balaban J connectivity index is 1.48. The van der Waals surface area contributed by atoms with Crippen LogP contribution in [-0.4, -0.2) is 40.6 Å². The van der Waals surface area contributed by atoms with E-state index in [1.54, 1.807) is 36.4 Å². The van der Waals surface area contributed by atoms with Crippen molar-refractivity contribution in [1.82, 2.24) is 15.8 Å². The van der Waals surface area contributed by atoms with Crippen LogP contribution in [0.1, 0.15) is 28.8 Å². The van der Waals surface area contributed by atoms with E-state index in [9.17, 15) is 14.4 Å². The van der Waals surface area contributed by atoms with Gasteiger partial charge in [-0.25, -0.2) is 0 Å². The fourth-order valence-corrected chi connectivity index (χ4v) is 4.40. The number of ether oxygens (including phenoxy) is 1. The van der Waals surface area contributed by atoms with Crippen molar-refractivity contribution < 1.29 is 19.1 Å². The van der Waals surface area contributed by atoms with E-state index >= 15 is 0 Å². The van der Waals surface area contributed by atoms with Crippen LogP contribution in [-0.2, 0) is 9.59 Å². The molecular weight excluding hydrogens is 470 g/mol. The molecule has 1 saturated heterocycles. The minimum absolute atomic E-state index is 0.104. The molecule has 10 heteroatoms. The summed E-state index contributed by atoms with van der Waals surface area (Å²) in [6.45, 7) is 0.290. The number of benzene rings is 2. The molecular formula is C22H20ClN3O4S2. The van der Waals surface area contributed by atoms with Gasteiger partial charge in [0.1, 0.15) is 10.1 Å². The highest BCUT2D eigenvalue weighted by Gasteiger charge is 2.31. The first-order chi connectivity index (χ1) is 15.4. The van der Waals surface area contributed by atoms with Gasteiger partial charge in [-0.2, -0.15) is 0 Å². The lowest BCUT2D eigenvalue weighted by atomic mass is 10.2. The molecule has 166 valence electrons. The third-order valence-corrected chi connectivity index (χ3v) is 6.24. The van der Waals surface area contributed by atoms with Gasteiger partial charge in [0.25, 0.3) is 11.8 Å². The van der Waals surface area contributed by atoms with Crippen molar-refractivity contribution in [2.75, 3.05) is 13.7 Å². The number of para-hydroxylation sites is 1. The van der Waals surface area contributed by atoms with Crippen molar-refractivity contribution in [3.05, 3.63) is 69.6 Å². The second-order valence-electron chi connectivity index (χ2n) is 6.66. The maximum Gasteiger partial charge on any atom is 0.273 e. The molecule has 0 saturated carbocycles. The molecule has 1 fully saturated rings. The molecule has 2 aromatic rings. The number of nitrogens with zero attached hydrogens (tertiary/aromatic N) is 1. The van der Waals surface area contributed by atoms with E-state index in [0.717, 1.165) is 5.56 Å². The van der Waals surface area contributed by atoms with Crippen LogP contribution in [0.4, 0.5) is 0 Å². The second kappa shape index (κ2) is 11.1. The molecule has 0 atom stereocenters. The van der Waals surface area contributed by atoms with Gasteiger partial charge in [0.2, 0.25) is 5.91 Å². The molecule has 1 aliphatic rings. The van der Waals surface area contributed by atoms with Gasteiger partial charge in [-0.1, -0.05) is 65.9 Å². The van der Waals surface area contributed by atoms with E-state index in [2.05, 4.69) is 10.9 Å². The summed E-state index contributed by atoms with van der Waals surface area (Å²) in [6, 6.07) is 13.9. The van der Waals surface area contributed by atoms with E-state index in [0.29, 0.717) is 38.5 Å². The standard InChI is InChI=1S/C22H20ClN3O4S2/c1-30-17-10-5-3-8-15(17)20(28)25-24-19(27)11-6-12-26-21(29)18(32-22(26)31)13-14-7-2-4-9-16(14)23/h2-5,7-10,13H,6,11-12H2,1H3,(H,24,27)(H,25,28). The van der Waals surface area contributed by atoms with Crippen LogP contribution in [0.25, 0.3) is 6.08 Å². The molecule has 1 heterocycles. The minimum atomic E-state index is -0.488. The van der Waals surface area contributed by atoms with Crippen molar-refractivity contribution >= 4 is 63.7 Å². The van der Waals surface area contributed by atoms with E-state index < -0.39 is 5.91 Å². The van der Waals surface area contributed by atoms with E-state index in [-0.39, 0.29) is 18.2 Å². The summed E-state index contributed by atoms with van der Waals surface area (Å²) < 4.78 is 5.56. The van der Waals surface area contributed by atoms with Crippen molar-refractivity contribution in [2.24, 2.45) is 0 Å². The molecule has 7 nitrogen and oxygen atoms in total. The molecule has 32 heavy (non-hydrogen) atoms. The predicted octanol–water partition coefficient (Wildman–Crippen LogP) is 3.79. The highest BCUT2D eigenvalue weighted by molar-refractivity contribution is 8.26. The highest BCUT2D eigenvalue weighted by atomic mass is 35.5. The van der Waals surface area contributed by atoms with Crippen LogP contribution in [0.2, 0.25) is 5.02 Å². The second-order valence-corrected chi connectivity index (χ2v) is 8.74. The SMILES string of the molecule is COc1ccccc1C(=O)NNC(=O)CCCN1C(=O)C(=Cc2ccccc2Cl)SC1=S. The largest absolute Gasteiger partial charge is 0.496 e. The molecule has 3 amide bonds. The number of amides is 3. The Morgan fingerprint density at radius 2 is 1.88 bits per heavy atom. The Kier molecular flexibility index (Phi) is 8.26. The van der Waals surface area contributed by atoms with Crippen LogP contribution >= 0.6 is 35.6 Å². The van der Waals surface area contributed by atoms with Crippen LogP contribution < -0.4 is 15.6 Å². The molecule has 0 bridgehead atoms. The first-order valence-corrected chi connectivity index (χ1v) is 11.2. The maximum absolute atomic E-state index is 12.7. The summed E-state index contributed by atoms with van der Waals surface area (Å²) in [5.41, 5.74) is 5.76. The fourth-order valence-electron chi connectivity index (χ4n) is 2.91. The van der Waals surface area contributed by atoms with Gasteiger partial charge in [0, 0.05) is 18.0 Å². The number of carbonyl (C=O) groups excluding carboxylic acids is 3. The van der Waals surface area contributed by atoms with E-state index in [1.807, 2.05) is 18.2 Å². The lowest BCUT2D eigenvalue weighted by molar-refractivity contribution is -0.124. The summed E-state index contributed by atoms with van der Waals surface area (Å²) in [6.07, 6.45) is 2.19. The Bertz CT molecular complexity index is 1090. The Hall–Kier alpha value is -2.88. The normalized spacial score (nSPS) is 14.6. The zero-order valence-corrected chi connectivity index (χ0v) is 19.5. The van der Waals surface area contributed by atoms with Gasteiger partial charge < -0.3 is 4.74 Å². The molecule has 0 spiro atoms. The Labute approximate surface area is 200 Å². The van der Waals surface area contributed by atoms with Gasteiger partial charge in [-0.05, 0) is 36.3 Å². The number of halogens is 1. The van der Waals surface area contributed by atoms with E-state index in [1.165, 1.54) is 23.8 Å². The molecule has 3 rings (SSSR count).